The number of carbonyl (C=O) groups excluding carboxylic acids is 2. The topological polar surface area (TPSA) is 92.8 Å². The zero-order chi connectivity index (χ0) is 24.7. The minimum Gasteiger partial charge on any atom is -0.462 e. The summed E-state index contributed by atoms with van der Waals surface area (Å²) in [7, 11) is -3.98. The van der Waals surface area contributed by atoms with Crippen LogP contribution in [0.25, 0.3) is 0 Å². The predicted molar refractivity (Wildman–Crippen MR) is 134 cm³/mol. The first-order valence-corrected chi connectivity index (χ1v) is 12.9. The van der Waals surface area contributed by atoms with Crippen LogP contribution in [0, 0.1) is 0 Å². The molecular formula is C24H22BrClN2O5S. The van der Waals surface area contributed by atoms with E-state index in [0.717, 1.165) is 8.78 Å². The lowest BCUT2D eigenvalue weighted by Gasteiger charge is -2.22. The molecule has 0 bridgehead atoms. The Kier molecular flexibility index (Phi) is 8.84. The van der Waals surface area contributed by atoms with Crippen LogP contribution in [0.3, 0.4) is 0 Å². The van der Waals surface area contributed by atoms with Crippen LogP contribution >= 0.6 is 27.5 Å². The summed E-state index contributed by atoms with van der Waals surface area (Å²) in [6, 6.07) is 19.1. The molecule has 0 aliphatic carbocycles. The number of halogens is 2. The highest BCUT2D eigenvalue weighted by Gasteiger charge is 2.27. The van der Waals surface area contributed by atoms with Crippen molar-refractivity contribution in [2.45, 2.75) is 18.4 Å². The van der Waals surface area contributed by atoms with Crippen LogP contribution in [0.1, 0.15) is 22.8 Å². The van der Waals surface area contributed by atoms with Crippen LogP contribution in [-0.2, 0) is 26.1 Å². The van der Waals surface area contributed by atoms with Crippen LogP contribution < -0.4 is 5.32 Å². The standard InChI is InChI=1S/C24H22BrClN2O5S/c1-2-33-24(30)18-5-11-21(12-6-18)27-23(29)16-28(15-17-3-9-20(26)10-4-17)34(31,32)22-13-7-19(25)8-14-22/h3-14H,2,15-16H2,1H3,(H,27,29). The smallest absolute Gasteiger partial charge is 0.338 e. The number of benzene rings is 3. The molecule has 3 aromatic carbocycles. The second kappa shape index (κ2) is 11.6. The van der Waals surface area contributed by atoms with Gasteiger partial charge >= 0.3 is 5.97 Å². The number of carbonyl (C=O) groups is 2. The second-order valence-electron chi connectivity index (χ2n) is 7.20. The first kappa shape index (κ1) is 25.9. The maximum absolute atomic E-state index is 13.3. The molecule has 0 radical (unpaired) electrons. The molecule has 0 aromatic heterocycles. The lowest BCUT2D eigenvalue weighted by Crippen LogP contribution is -2.37. The summed E-state index contributed by atoms with van der Waals surface area (Å²) >= 11 is 9.24. The van der Waals surface area contributed by atoms with Gasteiger partial charge in [-0.1, -0.05) is 39.7 Å². The Labute approximate surface area is 211 Å². The monoisotopic (exact) mass is 564 g/mol. The first-order valence-electron chi connectivity index (χ1n) is 10.3. The van der Waals surface area contributed by atoms with Crippen LogP contribution in [0.2, 0.25) is 5.02 Å². The van der Waals surface area contributed by atoms with E-state index >= 15 is 0 Å². The molecular weight excluding hydrogens is 544 g/mol. The van der Waals surface area contributed by atoms with Crippen molar-refractivity contribution in [1.82, 2.24) is 4.31 Å². The van der Waals surface area contributed by atoms with Gasteiger partial charge in [0, 0.05) is 21.7 Å². The molecule has 1 amide bonds. The van der Waals surface area contributed by atoms with Crippen molar-refractivity contribution in [3.05, 3.63) is 93.4 Å². The maximum Gasteiger partial charge on any atom is 0.338 e. The zero-order valence-corrected chi connectivity index (χ0v) is 21.4. The van der Waals surface area contributed by atoms with Gasteiger partial charge in [-0.25, -0.2) is 13.2 Å². The molecule has 10 heteroatoms. The molecule has 0 aliphatic heterocycles. The molecule has 3 rings (SSSR count). The van der Waals surface area contributed by atoms with Gasteiger partial charge in [0.2, 0.25) is 15.9 Å². The van der Waals surface area contributed by atoms with E-state index in [1.54, 1.807) is 55.5 Å². The Morgan fingerprint density at radius 3 is 2.18 bits per heavy atom. The van der Waals surface area contributed by atoms with E-state index in [2.05, 4.69) is 21.2 Å². The molecule has 0 aliphatic rings. The molecule has 0 spiro atoms. The third-order valence-electron chi connectivity index (χ3n) is 4.72. The number of sulfonamides is 1. The van der Waals surface area contributed by atoms with Gasteiger partial charge in [-0.15, -0.1) is 0 Å². The summed E-state index contributed by atoms with van der Waals surface area (Å²) in [5.41, 5.74) is 1.45. The Morgan fingerprint density at radius 1 is 0.971 bits per heavy atom. The highest BCUT2D eigenvalue weighted by molar-refractivity contribution is 9.10. The molecule has 178 valence electrons. The fraction of sp³-hybridized carbons (Fsp3) is 0.167. The largest absolute Gasteiger partial charge is 0.462 e. The number of anilines is 1. The van der Waals surface area contributed by atoms with Gasteiger partial charge in [0.05, 0.1) is 23.6 Å². The summed E-state index contributed by atoms with van der Waals surface area (Å²) < 4.78 is 33.5. The average Bonchev–Trinajstić information content (AvgIpc) is 2.81. The highest BCUT2D eigenvalue weighted by Crippen LogP contribution is 2.22. The number of amides is 1. The Hall–Kier alpha value is -2.72. The molecule has 0 saturated heterocycles. The van der Waals surface area contributed by atoms with Crippen molar-refractivity contribution >= 4 is 55.1 Å². The lowest BCUT2D eigenvalue weighted by atomic mass is 10.2. The molecule has 0 heterocycles. The molecule has 0 unspecified atom stereocenters. The van der Waals surface area contributed by atoms with Crippen molar-refractivity contribution in [3.63, 3.8) is 0 Å². The zero-order valence-electron chi connectivity index (χ0n) is 18.2. The molecule has 34 heavy (non-hydrogen) atoms. The van der Waals surface area contributed by atoms with Crippen molar-refractivity contribution in [3.8, 4) is 0 Å². The molecule has 1 N–H and O–H groups in total. The number of rotatable bonds is 9. The fourth-order valence-corrected chi connectivity index (χ4v) is 4.81. The molecule has 3 aromatic rings. The van der Waals surface area contributed by atoms with E-state index in [4.69, 9.17) is 16.3 Å². The number of ether oxygens (including phenoxy) is 1. The van der Waals surface area contributed by atoms with E-state index in [1.807, 2.05) is 0 Å². The van der Waals surface area contributed by atoms with Gasteiger partial charge in [0.25, 0.3) is 0 Å². The number of hydrogen-bond donors (Lipinski definition) is 1. The molecule has 0 saturated carbocycles. The number of nitrogens with zero attached hydrogens (tertiary/aromatic N) is 1. The Morgan fingerprint density at radius 2 is 1.59 bits per heavy atom. The Bertz CT molecular complexity index is 1250. The summed E-state index contributed by atoms with van der Waals surface area (Å²) in [5.74, 6) is -0.992. The number of nitrogens with one attached hydrogen (secondary N) is 1. The summed E-state index contributed by atoms with van der Waals surface area (Å²) in [5, 5.41) is 3.20. The van der Waals surface area contributed by atoms with Crippen LogP contribution in [0.15, 0.2) is 82.2 Å². The minimum absolute atomic E-state index is 0.0230. The average molecular weight is 566 g/mol. The highest BCUT2D eigenvalue weighted by atomic mass is 79.9. The van der Waals surface area contributed by atoms with Crippen molar-refractivity contribution in [2.24, 2.45) is 0 Å². The van der Waals surface area contributed by atoms with Crippen LogP contribution in [-0.4, -0.2) is 37.8 Å². The van der Waals surface area contributed by atoms with Crippen LogP contribution in [0.5, 0.6) is 0 Å². The fourth-order valence-electron chi connectivity index (χ4n) is 3.04. The molecule has 0 atom stereocenters. The van der Waals surface area contributed by atoms with Crippen molar-refractivity contribution in [1.29, 1.82) is 0 Å². The van der Waals surface area contributed by atoms with Gasteiger partial charge < -0.3 is 10.1 Å². The Balaban J connectivity index is 1.80. The summed E-state index contributed by atoms with van der Waals surface area (Å²) in [4.78, 5) is 24.6. The van der Waals surface area contributed by atoms with E-state index in [9.17, 15) is 18.0 Å². The van der Waals surface area contributed by atoms with E-state index in [-0.39, 0.29) is 18.0 Å². The second-order valence-corrected chi connectivity index (χ2v) is 10.5. The van der Waals surface area contributed by atoms with Gasteiger partial charge in [0.1, 0.15) is 0 Å². The third kappa shape index (κ3) is 6.89. The van der Waals surface area contributed by atoms with Gasteiger partial charge in [0.15, 0.2) is 0 Å². The van der Waals surface area contributed by atoms with Crippen LogP contribution in [0.4, 0.5) is 5.69 Å². The first-order chi connectivity index (χ1) is 16.2. The van der Waals surface area contributed by atoms with E-state index in [1.165, 1.54) is 24.3 Å². The number of hydrogen-bond acceptors (Lipinski definition) is 5. The SMILES string of the molecule is CCOC(=O)c1ccc(NC(=O)CN(Cc2ccc(Cl)cc2)S(=O)(=O)c2ccc(Br)cc2)cc1. The van der Waals surface area contributed by atoms with E-state index < -0.39 is 28.4 Å². The van der Waals surface area contributed by atoms with Gasteiger partial charge in [-0.05, 0) is 73.2 Å². The van der Waals surface area contributed by atoms with E-state index in [0.29, 0.717) is 21.8 Å². The van der Waals surface area contributed by atoms with Crippen molar-refractivity contribution in [2.75, 3.05) is 18.5 Å². The predicted octanol–water partition coefficient (Wildman–Crippen LogP) is 5.11. The minimum atomic E-state index is -3.98. The van der Waals surface area contributed by atoms with Gasteiger partial charge in [-0.2, -0.15) is 4.31 Å². The van der Waals surface area contributed by atoms with Crippen molar-refractivity contribution < 1.29 is 22.7 Å². The maximum atomic E-state index is 13.3. The lowest BCUT2D eigenvalue weighted by molar-refractivity contribution is -0.116. The molecule has 7 nitrogen and oxygen atoms in total. The molecule has 0 fully saturated rings. The third-order valence-corrected chi connectivity index (χ3v) is 7.31. The quantitative estimate of drug-likeness (QED) is 0.364. The summed E-state index contributed by atoms with van der Waals surface area (Å²) in [6.07, 6.45) is 0. The van der Waals surface area contributed by atoms with Gasteiger partial charge in [-0.3, -0.25) is 4.79 Å². The number of esters is 1. The summed E-state index contributed by atoms with van der Waals surface area (Å²) in [6.45, 7) is 1.53. The normalized spacial score (nSPS) is 11.3.